The summed E-state index contributed by atoms with van der Waals surface area (Å²) in [6.45, 7) is 9.74. The number of hydrogen-bond acceptors (Lipinski definition) is 7. The van der Waals surface area contributed by atoms with E-state index in [4.69, 9.17) is 23.7 Å². The van der Waals surface area contributed by atoms with Gasteiger partial charge in [0.25, 0.3) is 0 Å². The summed E-state index contributed by atoms with van der Waals surface area (Å²) in [6, 6.07) is 0. The molecule has 0 spiro atoms. The van der Waals surface area contributed by atoms with Crippen LogP contribution in [0, 0.1) is 0 Å². The fourth-order valence-corrected chi connectivity index (χ4v) is 5.10. The molecule has 2 rings (SSSR count). The zero-order chi connectivity index (χ0) is 24.9. The Labute approximate surface area is 207 Å². The van der Waals surface area contributed by atoms with Crippen LogP contribution in [0.15, 0.2) is 0 Å². The molecule has 0 aromatic heterocycles. The molecule has 1 N–H and O–H groups in total. The number of aliphatic hydroxyl groups excluding tert-OH is 1. The van der Waals surface area contributed by atoms with Crippen LogP contribution in [0.25, 0.3) is 0 Å². The van der Waals surface area contributed by atoms with Crippen LogP contribution in [0.1, 0.15) is 118 Å². The molecule has 7 heteroatoms. The molecule has 200 valence electrons. The van der Waals surface area contributed by atoms with E-state index >= 15 is 0 Å². The van der Waals surface area contributed by atoms with E-state index in [1.165, 1.54) is 26.2 Å². The summed E-state index contributed by atoms with van der Waals surface area (Å²) in [7, 11) is 0. The summed E-state index contributed by atoms with van der Waals surface area (Å²) >= 11 is 0. The van der Waals surface area contributed by atoms with Crippen molar-refractivity contribution < 1.29 is 33.6 Å². The van der Waals surface area contributed by atoms with Gasteiger partial charge in [-0.05, 0) is 39.0 Å². The maximum atomic E-state index is 11.2. The van der Waals surface area contributed by atoms with E-state index in [0.29, 0.717) is 12.8 Å². The van der Waals surface area contributed by atoms with Crippen molar-refractivity contribution in [3.8, 4) is 0 Å². The van der Waals surface area contributed by atoms with Crippen LogP contribution >= 0.6 is 0 Å². The number of aliphatic hydroxyl groups is 1. The van der Waals surface area contributed by atoms with Gasteiger partial charge in [0.2, 0.25) is 0 Å². The smallest absolute Gasteiger partial charge is 0.302 e. The van der Waals surface area contributed by atoms with Crippen LogP contribution in [0.5, 0.6) is 0 Å². The fraction of sp³-hybridized carbons (Fsp3) is 0.963. The van der Waals surface area contributed by atoms with Gasteiger partial charge in [-0.25, -0.2) is 0 Å². The first-order chi connectivity index (χ1) is 16.3. The van der Waals surface area contributed by atoms with Gasteiger partial charge in [0.15, 0.2) is 12.6 Å². The molecule has 0 aromatic carbocycles. The van der Waals surface area contributed by atoms with E-state index < -0.39 is 6.10 Å². The first-order valence-electron chi connectivity index (χ1n) is 13.8. The molecule has 7 nitrogen and oxygen atoms in total. The molecule has 0 saturated carbocycles. The van der Waals surface area contributed by atoms with Gasteiger partial charge in [0.05, 0.1) is 30.5 Å². The molecule has 2 heterocycles. The van der Waals surface area contributed by atoms with Crippen LogP contribution in [-0.4, -0.2) is 60.3 Å². The molecular weight excluding hydrogens is 436 g/mol. The lowest BCUT2D eigenvalue weighted by Gasteiger charge is -2.41. The average Bonchev–Trinajstić information content (AvgIpc) is 2.76. The molecule has 34 heavy (non-hydrogen) atoms. The van der Waals surface area contributed by atoms with Crippen LogP contribution in [0.4, 0.5) is 0 Å². The summed E-state index contributed by atoms with van der Waals surface area (Å²) in [4.78, 5) is 11.2. The Kier molecular flexibility index (Phi) is 14.0. The molecule has 0 bridgehead atoms. The van der Waals surface area contributed by atoms with Crippen molar-refractivity contribution in [2.45, 2.75) is 167 Å². The van der Waals surface area contributed by atoms with Crippen LogP contribution in [-0.2, 0) is 28.5 Å². The van der Waals surface area contributed by atoms with E-state index in [-0.39, 0.29) is 49.1 Å². The van der Waals surface area contributed by atoms with E-state index in [1.54, 1.807) is 0 Å². The molecule has 2 saturated heterocycles. The Morgan fingerprint density at radius 2 is 1.50 bits per heavy atom. The highest BCUT2D eigenvalue weighted by Crippen LogP contribution is 2.32. The molecule has 0 aliphatic carbocycles. The minimum atomic E-state index is -0.587. The van der Waals surface area contributed by atoms with Crippen molar-refractivity contribution in [1.29, 1.82) is 0 Å². The van der Waals surface area contributed by atoms with Gasteiger partial charge < -0.3 is 28.8 Å². The maximum absolute atomic E-state index is 11.2. The SMILES string of the molecule is CCCCCCC1OC(CC(O)CC(C)OC(C)=O)CC(CC2CC(CC)OC(CCC)O2)O1. The third-order valence-electron chi connectivity index (χ3n) is 6.73. The third kappa shape index (κ3) is 11.3. The lowest BCUT2D eigenvalue weighted by Crippen LogP contribution is -2.44. The molecule has 0 aromatic rings. The van der Waals surface area contributed by atoms with Gasteiger partial charge in [0.1, 0.15) is 6.10 Å². The second-order valence-electron chi connectivity index (χ2n) is 10.2. The van der Waals surface area contributed by atoms with Crippen molar-refractivity contribution in [3.05, 3.63) is 0 Å². The Hall–Kier alpha value is -0.730. The van der Waals surface area contributed by atoms with Crippen molar-refractivity contribution >= 4 is 5.97 Å². The second kappa shape index (κ2) is 16.1. The Balaban J connectivity index is 1.95. The Morgan fingerprint density at radius 1 is 0.882 bits per heavy atom. The minimum absolute atomic E-state index is 0.0379. The van der Waals surface area contributed by atoms with Gasteiger partial charge in [-0.3, -0.25) is 4.79 Å². The van der Waals surface area contributed by atoms with Crippen LogP contribution < -0.4 is 0 Å². The topological polar surface area (TPSA) is 83.5 Å². The Bertz CT molecular complexity index is 557. The highest BCUT2D eigenvalue weighted by Gasteiger charge is 2.36. The minimum Gasteiger partial charge on any atom is -0.463 e. The zero-order valence-electron chi connectivity index (χ0n) is 22.2. The molecule has 2 aliphatic heterocycles. The standard InChI is InChI=1S/C27H50O7/c1-6-9-10-11-13-27-32-23(15-21(29)14-19(4)30-20(5)28)17-25(34-27)18-24-16-22(8-3)31-26(33-24)12-7-2/h19,21-27,29H,6-18H2,1-5H3. The molecule has 2 fully saturated rings. The third-order valence-corrected chi connectivity index (χ3v) is 6.73. The summed E-state index contributed by atoms with van der Waals surface area (Å²) < 4.78 is 30.2. The predicted octanol–water partition coefficient (Wildman–Crippen LogP) is 5.65. The number of hydrogen-bond donors (Lipinski definition) is 1. The normalized spacial score (nSPS) is 31.7. The van der Waals surface area contributed by atoms with Crippen LogP contribution in [0.2, 0.25) is 0 Å². The summed E-state index contributed by atoms with van der Waals surface area (Å²) in [5, 5.41) is 10.6. The van der Waals surface area contributed by atoms with Crippen molar-refractivity contribution in [2.24, 2.45) is 0 Å². The predicted molar refractivity (Wildman–Crippen MR) is 131 cm³/mol. The lowest BCUT2D eigenvalue weighted by atomic mass is 9.95. The Morgan fingerprint density at radius 3 is 2.12 bits per heavy atom. The first-order valence-corrected chi connectivity index (χ1v) is 13.8. The van der Waals surface area contributed by atoms with E-state index in [1.807, 2.05) is 6.92 Å². The van der Waals surface area contributed by atoms with Gasteiger partial charge >= 0.3 is 5.97 Å². The van der Waals surface area contributed by atoms with E-state index in [2.05, 4.69) is 20.8 Å². The average molecular weight is 487 g/mol. The number of carbonyl (C=O) groups is 1. The lowest BCUT2D eigenvalue weighted by molar-refractivity contribution is -0.276. The van der Waals surface area contributed by atoms with E-state index in [0.717, 1.165) is 51.4 Å². The van der Waals surface area contributed by atoms with Crippen molar-refractivity contribution in [1.82, 2.24) is 0 Å². The van der Waals surface area contributed by atoms with Crippen LogP contribution in [0.3, 0.4) is 0 Å². The monoisotopic (exact) mass is 486 g/mol. The van der Waals surface area contributed by atoms with Gasteiger partial charge in [-0.2, -0.15) is 0 Å². The molecule has 8 atom stereocenters. The largest absolute Gasteiger partial charge is 0.463 e. The first kappa shape index (κ1) is 29.5. The zero-order valence-corrected chi connectivity index (χ0v) is 22.2. The van der Waals surface area contributed by atoms with Gasteiger partial charge in [0, 0.05) is 32.6 Å². The second-order valence-corrected chi connectivity index (χ2v) is 10.2. The van der Waals surface area contributed by atoms with E-state index in [9.17, 15) is 9.90 Å². The molecule has 8 unspecified atom stereocenters. The maximum Gasteiger partial charge on any atom is 0.302 e. The quantitative estimate of drug-likeness (QED) is 0.236. The fourth-order valence-electron chi connectivity index (χ4n) is 5.10. The number of esters is 1. The molecule has 0 radical (unpaired) electrons. The number of carbonyl (C=O) groups excluding carboxylic acids is 1. The summed E-state index contributed by atoms with van der Waals surface area (Å²) in [6.07, 6.45) is 10.9. The van der Waals surface area contributed by atoms with Gasteiger partial charge in [-0.1, -0.05) is 46.5 Å². The summed E-state index contributed by atoms with van der Waals surface area (Å²) in [5.74, 6) is -0.322. The summed E-state index contributed by atoms with van der Waals surface area (Å²) in [5.41, 5.74) is 0. The molecular formula is C27H50O7. The highest BCUT2D eigenvalue weighted by atomic mass is 16.7. The number of rotatable bonds is 15. The van der Waals surface area contributed by atoms with Crippen molar-refractivity contribution in [2.75, 3.05) is 0 Å². The van der Waals surface area contributed by atoms with Crippen molar-refractivity contribution in [3.63, 3.8) is 0 Å². The molecule has 2 aliphatic rings. The highest BCUT2D eigenvalue weighted by molar-refractivity contribution is 5.66. The number of unbranched alkanes of at least 4 members (excludes halogenated alkanes) is 3. The molecule has 0 amide bonds. The number of ether oxygens (including phenoxy) is 5. The van der Waals surface area contributed by atoms with Gasteiger partial charge in [-0.15, -0.1) is 0 Å².